The minimum absolute atomic E-state index is 0.00343. The maximum atomic E-state index is 13.0. The summed E-state index contributed by atoms with van der Waals surface area (Å²) in [6, 6.07) is 2.09. The Morgan fingerprint density at radius 1 is 1.23 bits per heavy atom. The summed E-state index contributed by atoms with van der Waals surface area (Å²) in [5.74, 6) is 0.546. The number of rotatable bonds is 1. The van der Waals surface area contributed by atoms with E-state index in [0.717, 1.165) is 31.8 Å². The molecular formula is C17H27N3O2. The summed E-state index contributed by atoms with van der Waals surface area (Å²) in [6.07, 6.45) is 3.97. The first kappa shape index (κ1) is 15.6. The second-order valence-corrected chi connectivity index (χ2v) is 7.71. The van der Waals surface area contributed by atoms with Gasteiger partial charge in [-0.3, -0.25) is 4.79 Å². The van der Waals surface area contributed by atoms with E-state index in [-0.39, 0.29) is 17.5 Å². The highest BCUT2D eigenvalue weighted by atomic mass is 16.5. The first-order valence-electron chi connectivity index (χ1n) is 8.10. The number of aromatic nitrogens is 1. The monoisotopic (exact) mass is 305 g/mol. The highest BCUT2D eigenvalue weighted by molar-refractivity contribution is 5.94. The van der Waals surface area contributed by atoms with Gasteiger partial charge in [0.25, 0.3) is 5.91 Å². The van der Waals surface area contributed by atoms with Crippen molar-refractivity contribution in [1.82, 2.24) is 14.4 Å². The molecule has 1 amide bonds. The van der Waals surface area contributed by atoms with Crippen LogP contribution in [0.2, 0.25) is 0 Å². The molecule has 0 saturated carbocycles. The van der Waals surface area contributed by atoms with E-state index in [0.29, 0.717) is 12.5 Å². The Labute approximate surface area is 132 Å². The Balaban J connectivity index is 1.83. The Bertz CT molecular complexity index is 546. The third-order valence-corrected chi connectivity index (χ3v) is 4.63. The molecule has 0 aliphatic carbocycles. The van der Waals surface area contributed by atoms with E-state index in [2.05, 4.69) is 37.3 Å². The van der Waals surface area contributed by atoms with E-state index in [4.69, 9.17) is 4.74 Å². The minimum Gasteiger partial charge on any atom is -0.379 e. The molecule has 2 saturated heterocycles. The Morgan fingerprint density at radius 2 is 2.00 bits per heavy atom. The number of nitrogens with zero attached hydrogens (tertiary/aromatic N) is 3. The molecule has 122 valence electrons. The van der Waals surface area contributed by atoms with Crippen molar-refractivity contribution in [3.8, 4) is 0 Å². The average Bonchev–Trinajstić information content (AvgIpc) is 2.76. The van der Waals surface area contributed by atoms with Crippen LogP contribution in [0.5, 0.6) is 0 Å². The topological polar surface area (TPSA) is 37.7 Å². The summed E-state index contributed by atoms with van der Waals surface area (Å²) in [7, 11) is 2.13. The van der Waals surface area contributed by atoms with Gasteiger partial charge in [0.15, 0.2) is 0 Å². The SMILES string of the molecule is CN1C[C@@H]2COC[C@H](C1)N(C(=O)c1ccn(C(C)(C)C)c1)C2. The van der Waals surface area contributed by atoms with Crippen molar-refractivity contribution in [1.29, 1.82) is 0 Å². The molecule has 0 spiro atoms. The molecule has 0 unspecified atom stereocenters. The third-order valence-electron chi connectivity index (χ3n) is 4.63. The van der Waals surface area contributed by atoms with Crippen LogP contribution in [0.1, 0.15) is 31.1 Å². The predicted molar refractivity (Wildman–Crippen MR) is 86.1 cm³/mol. The van der Waals surface area contributed by atoms with Crippen molar-refractivity contribution >= 4 is 5.91 Å². The number of carbonyl (C=O) groups is 1. The fourth-order valence-electron chi connectivity index (χ4n) is 3.43. The van der Waals surface area contributed by atoms with E-state index in [9.17, 15) is 4.79 Å². The van der Waals surface area contributed by atoms with E-state index < -0.39 is 0 Å². The van der Waals surface area contributed by atoms with Gasteiger partial charge >= 0.3 is 0 Å². The molecule has 5 heteroatoms. The van der Waals surface area contributed by atoms with Gasteiger partial charge in [-0.2, -0.15) is 0 Å². The summed E-state index contributed by atoms with van der Waals surface area (Å²) >= 11 is 0. The van der Waals surface area contributed by atoms with Crippen molar-refractivity contribution in [2.45, 2.75) is 32.4 Å². The van der Waals surface area contributed by atoms with Gasteiger partial charge in [0.2, 0.25) is 0 Å². The highest BCUT2D eigenvalue weighted by Gasteiger charge is 2.35. The molecule has 2 bridgehead atoms. The first-order valence-corrected chi connectivity index (χ1v) is 8.10. The van der Waals surface area contributed by atoms with Gasteiger partial charge in [-0.1, -0.05) is 0 Å². The van der Waals surface area contributed by atoms with Crippen LogP contribution >= 0.6 is 0 Å². The number of ether oxygens (including phenoxy) is 1. The fourth-order valence-corrected chi connectivity index (χ4v) is 3.43. The van der Waals surface area contributed by atoms with Gasteiger partial charge in [-0.25, -0.2) is 0 Å². The number of amides is 1. The molecule has 0 aromatic carbocycles. The summed E-state index contributed by atoms with van der Waals surface area (Å²) in [4.78, 5) is 17.3. The molecule has 22 heavy (non-hydrogen) atoms. The molecule has 2 aliphatic heterocycles. The van der Waals surface area contributed by atoms with Crippen LogP contribution in [0, 0.1) is 5.92 Å². The smallest absolute Gasteiger partial charge is 0.255 e. The van der Waals surface area contributed by atoms with E-state index in [1.807, 2.05) is 23.4 Å². The van der Waals surface area contributed by atoms with Gasteiger partial charge in [0, 0.05) is 43.5 Å². The van der Waals surface area contributed by atoms with Crippen molar-refractivity contribution in [2.24, 2.45) is 5.92 Å². The lowest BCUT2D eigenvalue weighted by Gasteiger charge is -2.29. The summed E-state index contributed by atoms with van der Waals surface area (Å²) in [5.41, 5.74) is 0.779. The van der Waals surface area contributed by atoms with Crippen molar-refractivity contribution < 1.29 is 9.53 Å². The van der Waals surface area contributed by atoms with Gasteiger partial charge in [0.05, 0.1) is 24.8 Å². The lowest BCUT2D eigenvalue weighted by Crippen LogP contribution is -2.45. The zero-order valence-corrected chi connectivity index (χ0v) is 14.1. The van der Waals surface area contributed by atoms with E-state index in [1.54, 1.807) is 0 Å². The van der Waals surface area contributed by atoms with Gasteiger partial charge in [-0.15, -0.1) is 0 Å². The number of likely N-dealkylation sites (N-methyl/N-ethyl adjacent to an activating group) is 1. The van der Waals surface area contributed by atoms with Crippen LogP contribution < -0.4 is 0 Å². The second-order valence-electron chi connectivity index (χ2n) is 7.71. The predicted octanol–water partition coefficient (Wildman–Crippen LogP) is 1.65. The first-order chi connectivity index (χ1) is 10.3. The maximum Gasteiger partial charge on any atom is 0.255 e. The Hall–Kier alpha value is -1.33. The number of hydrogen-bond acceptors (Lipinski definition) is 3. The zero-order valence-electron chi connectivity index (χ0n) is 14.1. The summed E-state index contributed by atoms with van der Waals surface area (Å²) in [6.45, 7) is 10.5. The minimum atomic E-state index is -0.00343. The van der Waals surface area contributed by atoms with Gasteiger partial charge in [-0.05, 0) is 33.9 Å². The molecule has 5 nitrogen and oxygen atoms in total. The fraction of sp³-hybridized carbons (Fsp3) is 0.706. The number of carbonyl (C=O) groups excluding carboxylic acids is 1. The van der Waals surface area contributed by atoms with Crippen LogP contribution in [0.4, 0.5) is 0 Å². The summed E-state index contributed by atoms with van der Waals surface area (Å²) in [5, 5.41) is 0. The largest absolute Gasteiger partial charge is 0.379 e. The maximum absolute atomic E-state index is 13.0. The Morgan fingerprint density at radius 3 is 2.68 bits per heavy atom. The normalized spacial score (nSPS) is 26.8. The van der Waals surface area contributed by atoms with E-state index >= 15 is 0 Å². The second kappa shape index (κ2) is 5.70. The zero-order chi connectivity index (χ0) is 15.9. The molecule has 0 radical (unpaired) electrons. The molecule has 2 fully saturated rings. The van der Waals surface area contributed by atoms with Crippen LogP contribution in [0.15, 0.2) is 18.5 Å². The quantitative estimate of drug-likeness (QED) is 0.792. The molecule has 0 N–H and O–H groups in total. The standard InChI is InChI=1S/C17H27N3O2/c1-17(2,3)19-6-5-14(9-19)16(21)20-8-13-7-18(4)10-15(20)12-22-11-13/h5-6,9,13,15H,7-8,10-12H2,1-4H3/t13-,15-/m0/s1. The van der Waals surface area contributed by atoms with Gasteiger partial charge in [0.1, 0.15) is 0 Å². The highest BCUT2D eigenvalue weighted by Crippen LogP contribution is 2.22. The van der Waals surface area contributed by atoms with Crippen molar-refractivity contribution in [2.75, 3.05) is 39.9 Å². The Kier molecular flexibility index (Phi) is 4.03. The van der Waals surface area contributed by atoms with Crippen LogP contribution in [0.3, 0.4) is 0 Å². The molecule has 3 rings (SSSR count). The lowest BCUT2D eigenvalue weighted by molar-refractivity contribution is 0.0483. The third kappa shape index (κ3) is 3.06. The molecule has 2 aliphatic rings. The molecule has 3 heterocycles. The molecular weight excluding hydrogens is 278 g/mol. The summed E-state index contributed by atoms with van der Waals surface area (Å²) < 4.78 is 7.86. The molecule has 1 aromatic heterocycles. The number of fused-ring (bicyclic) bond motifs is 3. The van der Waals surface area contributed by atoms with Crippen molar-refractivity contribution in [3.63, 3.8) is 0 Å². The van der Waals surface area contributed by atoms with Gasteiger partial charge < -0.3 is 19.1 Å². The average molecular weight is 305 g/mol. The molecule has 2 atom stereocenters. The number of hydrogen-bond donors (Lipinski definition) is 0. The van der Waals surface area contributed by atoms with Crippen LogP contribution in [-0.2, 0) is 10.3 Å². The van der Waals surface area contributed by atoms with Crippen LogP contribution in [0.25, 0.3) is 0 Å². The molecule has 1 aromatic rings. The van der Waals surface area contributed by atoms with Crippen molar-refractivity contribution in [3.05, 3.63) is 24.0 Å². The van der Waals surface area contributed by atoms with E-state index in [1.165, 1.54) is 0 Å². The lowest BCUT2D eigenvalue weighted by atomic mass is 10.1. The van der Waals surface area contributed by atoms with Crippen LogP contribution in [-0.4, -0.2) is 66.2 Å².